The molecule has 1 aliphatic heterocycles. The van der Waals surface area contributed by atoms with E-state index in [1.54, 1.807) is 6.07 Å². The van der Waals surface area contributed by atoms with Gasteiger partial charge in [-0.25, -0.2) is 4.79 Å². The second-order valence-corrected chi connectivity index (χ2v) is 5.10. The average molecular weight is 241 g/mol. The first-order valence-electron chi connectivity index (χ1n) is 5.36. The first-order valence-corrected chi connectivity index (χ1v) is 6.18. The van der Waals surface area contributed by atoms with Crippen LogP contribution in [0, 0.1) is 5.92 Å². The van der Waals surface area contributed by atoms with Crippen LogP contribution in [0.25, 0.3) is 0 Å². The Kier molecular flexibility index (Phi) is 3.93. The van der Waals surface area contributed by atoms with Gasteiger partial charge in [-0.3, -0.25) is 0 Å². The Balaban J connectivity index is 1.74. The zero-order valence-corrected chi connectivity index (χ0v) is 9.76. The molecule has 2 heterocycles. The molecule has 4 nitrogen and oxygen atoms in total. The van der Waals surface area contributed by atoms with Crippen molar-refractivity contribution in [3.8, 4) is 0 Å². The maximum atomic E-state index is 10.7. The molecule has 16 heavy (non-hydrogen) atoms. The first-order chi connectivity index (χ1) is 7.75. The molecule has 0 spiro atoms. The van der Waals surface area contributed by atoms with E-state index < -0.39 is 5.97 Å². The first kappa shape index (κ1) is 11.6. The van der Waals surface area contributed by atoms with E-state index in [2.05, 4.69) is 5.32 Å². The summed E-state index contributed by atoms with van der Waals surface area (Å²) in [5.41, 5.74) is 0. The molecule has 0 saturated carbocycles. The Morgan fingerprint density at radius 3 is 3.12 bits per heavy atom. The quantitative estimate of drug-likeness (QED) is 0.821. The van der Waals surface area contributed by atoms with E-state index in [0.29, 0.717) is 10.8 Å². The Labute approximate surface area is 98.2 Å². The van der Waals surface area contributed by atoms with Gasteiger partial charge in [0.25, 0.3) is 0 Å². The van der Waals surface area contributed by atoms with Crippen LogP contribution in [0.2, 0.25) is 0 Å². The number of aromatic carboxylic acids is 1. The maximum absolute atomic E-state index is 10.7. The molecule has 0 aliphatic carbocycles. The number of thiophene rings is 1. The minimum atomic E-state index is -0.847. The minimum absolute atomic E-state index is 0.404. The summed E-state index contributed by atoms with van der Waals surface area (Å²) >= 11 is 1.33. The standard InChI is InChI=1S/C11H15NO3S/c13-11(14)10-2-1-9(16-10)6-12-5-8-3-4-15-7-8/h1-2,8,12H,3-7H2,(H,13,14). The molecule has 1 saturated heterocycles. The van der Waals surface area contributed by atoms with Crippen LogP contribution in [0.3, 0.4) is 0 Å². The summed E-state index contributed by atoms with van der Waals surface area (Å²) in [6, 6.07) is 3.52. The fourth-order valence-electron chi connectivity index (χ4n) is 1.73. The topological polar surface area (TPSA) is 58.6 Å². The van der Waals surface area contributed by atoms with Crippen molar-refractivity contribution in [1.82, 2.24) is 5.32 Å². The van der Waals surface area contributed by atoms with Crippen LogP contribution >= 0.6 is 11.3 Å². The van der Waals surface area contributed by atoms with Crippen LogP contribution in [0.1, 0.15) is 21.0 Å². The van der Waals surface area contributed by atoms with Crippen molar-refractivity contribution in [3.63, 3.8) is 0 Å². The molecule has 1 aromatic rings. The molecule has 2 rings (SSSR count). The van der Waals surface area contributed by atoms with Crippen molar-refractivity contribution in [2.75, 3.05) is 19.8 Å². The van der Waals surface area contributed by atoms with Crippen molar-refractivity contribution in [2.24, 2.45) is 5.92 Å². The molecule has 1 unspecified atom stereocenters. The van der Waals surface area contributed by atoms with Gasteiger partial charge < -0.3 is 15.2 Å². The van der Waals surface area contributed by atoms with Crippen molar-refractivity contribution < 1.29 is 14.6 Å². The van der Waals surface area contributed by atoms with Gasteiger partial charge in [-0.1, -0.05) is 0 Å². The summed E-state index contributed by atoms with van der Waals surface area (Å²) in [6.45, 7) is 3.40. The van der Waals surface area contributed by atoms with E-state index in [9.17, 15) is 4.79 Å². The largest absolute Gasteiger partial charge is 0.477 e. The molecular formula is C11H15NO3S. The predicted octanol–water partition coefficient (Wildman–Crippen LogP) is 1.57. The van der Waals surface area contributed by atoms with Gasteiger partial charge in [0.2, 0.25) is 0 Å². The Bertz CT molecular complexity index is 358. The highest BCUT2D eigenvalue weighted by Crippen LogP contribution is 2.16. The smallest absolute Gasteiger partial charge is 0.345 e. The normalized spacial score (nSPS) is 20.1. The molecule has 5 heteroatoms. The van der Waals surface area contributed by atoms with E-state index >= 15 is 0 Å². The number of ether oxygens (including phenoxy) is 1. The van der Waals surface area contributed by atoms with Crippen LogP contribution in [0.5, 0.6) is 0 Å². The van der Waals surface area contributed by atoms with Crippen LogP contribution in [0.15, 0.2) is 12.1 Å². The molecule has 1 atom stereocenters. The number of nitrogens with one attached hydrogen (secondary N) is 1. The molecule has 0 amide bonds. The molecule has 0 bridgehead atoms. The lowest BCUT2D eigenvalue weighted by Gasteiger charge is -2.07. The number of rotatable bonds is 5. The van der Waals surface area contributed by atoms with Crippen LogP contribution in [-0.2, 0) is 11.3 Å². The van der Waals surface area contributed by atoms with Crippen molar-refractivity contribution >= 4 is 17.3 Å². The van der Waals surface area contributed by atoms with Gasteiger partial charge in [-0.2, -0.15) is 0 Å². The Hall–Kier alpha value is -0.910. The number of hydrogen-bond donors (Lipinski definition) is 2. The second kappa shape index (κ2) is 5.43. The summed E-state index contributed by atoms with van der Waals surface area (Å²) in [7, 11) is 0. The van der Waals surface area contributed by atoms with Gasteiger partial charge >= 0.3 is 5.97 Å². The highest BCUT2D eigenvalue weighted by molar-refractivity contribution is 7.13. The molecular weight excluding hydrogens is 226 g/mol. The lowest BCUT2D eigenvalue weighted by molar-refractivity contribution is 0.0702. The Morgan fingerprint density at radius 2 is 2.50 bits per heavy atom. The number of carboxylic acid groups (broad SMARTS) is 1. The monoisotopic (exact) mass is 241 g/mol. The molecule has 0 aromatic carbocycles. The third kappa shape index (κ3) is 3.04. The molecule has 0 radical (unpaired) electrons. The van der Waals surface area contributed by atoms with E-state index in [0.717, 1.165) is 37.6 Å². The summed E-state index contributed by atoms with van der Waals surface area (Å²) in [5, 5.41) is 12.1. The number of hydrogen-bond acceptors (Lipinski definition) is 4. The highest BCUT2D eigenvalue weighted by atomic mass is 32.1. The SMILES string of the molecule is O=C(O)c1ccc(CNCC2CCOC2)s1. The minimum Gasteiger partial charge on any atom is -0.477 e. The molecule has 1 fully saturated rings. The summed E-state index contributed by atoms with van der Waals surface area (Å²) in [5.74, 6) is -0.237. The van der Waals surface area contributed by atoms with E-state index in [4.69, 9.17) is 9.84 Å². The summed E-state index contributed by atoms with van der Waals surface area (Å²) in [4.78, 5) is 12.1. The summed E-state index contributed by atoms with van der Waals surface area (Å²) in [6.07, 6.45) is 1.12. The van der Waals surface area contributed by atoms with Crippen LogP contribution < -0.4 is 5.32 Å². The van der Waals surface area contributed by atoms with Crippen LogP contribution in [0.4, 0.5) is 0 Å². The van der Waals surface area contributed by atoms with Gasteiger partial charge in [-0.05, 0) is 24.5 Å². The maximum Gasteiger partial charge on any atom is 0.345 e. The fraction of sp³-hybridized carbons (Fsp3) is 0.545. The van der Waals surface area contributed by atoms with Crippen molar-refractivity contribution in [3.05, 3.63) is 21.9 Å². The summed E-state index contributed by atoms with van der Waals surface area (Å²) < 4.78 is 5.28. The third-order valence-corrected chi connectivity index (χ3v) is 3.70. The van der Waals surface area contributed by atoms with Gasteiger partial charge in [-0.15, -0.1) is 11.3 Å². The molecule has 2 N–H and O–H groups in total. The van der Waals surface area contributed by atoms with Gasteiger partial charge in [0.15, 0.2) is 0 Å². The van der Waals surface area contributed by atoms with E-state index in [1.807, 2.05) is 6.07 Å². The van der Waals surface area contributed by atoms with E-state index in [-0.39, 0.29) is 0 Å². The molecule has 1 aromatic heterocycles. The zero-order chi connectivity index (χ0) is 11.4. The zero-order valence-electron chi connectivity index (χ0n) is 8.94. The molecule has 1 aliphatic rings. The number of carbonyl (C=O) groups is 1. The fourth-order valence-corrected chi connectivity index (χ4v) is 2.55. The van der Waals surface area contributed by atoms with Crippen molar-refractivity contribution in [1.29, 1.82) is 0 Å². The van der Waals surface area contributed by atoms with Gasteiger partial charge in [0, 0.05) is 24.6 Å². The highest BCUT2D eigenvalue weighted by Gasteiger charge is 2.15. The van der Waals surface area contributed by atoms with Crippen molar-refractivity contribution in [2.45, 2.75) is 13.0 Å². The lowest BCUT2D eigenvalue weighted by atomic mass is 10.1. The van der Waals surface area contributed by atoms with E-state index in [1.165, 1.54) is 11.3 Å². The third-order valence-electron chi connectivity index (χ3n) is 2.63. The average Bonchev–Trinajstić information content (AvgIpc) is 2.87. The second-order valence-electron chi connectivity index (χ2n) is 3.93. The predicted molar refractivity (Wildman–Crippen MR) is 61.9 cm³/mol. The van der Waals surface area contributed by atoms with Crippen LogP contribution in [-0.4, -0.2) is 30.8 Å². The van der Waals surface area contributed by atoms with Gasteiger partial charge in [0.05, 0.1) is 6.61 Å². The Morgan fingerprint density at radius 1 is 1.62 bits per heavy atom. The number of carboxylic acids is 1. The van der Waals surface area contributed by atoms with Gasteiger partial charge in [0.1, 0.15) is 4.88 Å². The lowest BCUT2D eigenvalue weighted by Crippen LogP contribution is -2.22. The molecule has 88 valence electrons.